The molecule has 0 spiro atoms. The number of carboxylic acid groups (broad SMARTS) is 2. The summed E-state index contributed by atoms with van der Waals surface area (Å²) >= 11 is 0. The molecule has 174 valence electrons. The van der Waals surface area contributed by atoms with Crippen LogP contribution < -0.4 is 4.48 Å². The SMILES string of the molecule is O=C(O)CCCN(C1CC1)[C@@H]1c2ccc(F)cc2[N+](Cc2ccccc2)(C(=O)O)[C@@H]2CC[C@@H]12. The van der Waals surface area contributed by atoms with Gasteiger partial charge in [0.05, 0.1) is 0 Å². The zero-order valence-electron chi connectivity index (χ0n) is 18.6. The Balaban J connectivity index is 1.60. The molecule has 2 N–H and O–H groups in total. The second-order valence-corrected chi connectivity index (χ2v) is 9.72. The summed E-state index contributed by atoms with van der Waals surface area (Å²) in [4.78, 5) is 26.5. The average molecular weight is 454 g/mol. The maximum Gasteiger partial charge on any atom is 0.519 e. The minimum absolute atomic E-state index is 0.00187. The molecule has 7 heteroatoms. The molecule has 1 amide bonds. The second-order valence-electron chi connectivity index (χ2n) is 9.72. The fourth-order valence-electron chi connectivity index (χ4n) is 6.12. The number of halogens is 1. The molecular weight excluding hydrogens is 423 g/mol. The van der Waals surface area contributed by atoms with Crippen molar-refractivity contribution in [1.82, 2.24) is 9.38 Å². The van der Waals surface area contributed by atoms with Crippen LogP contribution in [0.5, 0.6) is 0 Å². The number of hydrogen-bond acceptors (Lipinski definition) is 3. The van der Waals surface area contributed by atoms with E-state index in [1.54, 1.807) is 6.07 Å². The number of amides is 1. The van der Waals surface area contributed by atoms with Crippen molar-refractivity contribution in [2.45, 2.75) is 63.2 Å². The summed E-state index contributed by atoms with van der Waals surface area (Å²) in [6, 6.07) is 14.5. The number of hydrogen-bond donors (Lipinski definition) is 2. The lowest BCUT2D eigenvalue weighted by atomic mass is 9.66. The second kappa shape index (κ2) is 8.54. The molecule has 0 bridgehead atoms. The number of fused-ring (bicyclic) bond motifs is 2. The first-order chi connectivity index (χ1) is 15.9. The molecule has 1 heterocycles. The van der Waals surface area contributed by atoms with E-state index in [2.05, 4.69) is 4.90 Å². The van der Waals surface area contributed by atoms with Crippen LogP contribution in [0.3, 0.4) is 0 Å². The molecule has 3 aliphatic rings. The van der Waals surface area contributed by atoms with E-state index in [-0.39, 0.29) is 35.5 Å². The Morgan fingerprint density at radius 1 is 1.03 bits per heavy atom. The number of quaternary nitrogens is 1. The van der Waals surface area contributed by atoms with Crippen LogP contribution in [0.2, 0.25) is 0 Å². The molecule has 1 aliphatic heterocycles. The summed E-state index contributed by atoms with van der Waals surface area (Å²) in [5.74, 6) is -1.08. The van der Waals surface area contributed by atoms with Gasteiger partial charge in [-0.15, -0.1) is 0 Å². The number of benzene rings is 2. The van der Waals surface area contributed by atoms with Crippen molar-refractivity contribution in [3.05, 3.63) is 65.5 Å². The molecule has 4 atom stereocenters. The molecule has 2 aliphatic carbocycles. The van der Waals surface area contributed by atoms with Crippen LogP contribution in [0.15, 0.2) is 48.5 Å². The Kier molecular flexibility index (Phi) is 5.70. The van der Waals surface area contributed by atoms with Crippen molar-refractivity contribution in [2.24, 2.45) is 5.92 Å². The summed E-state index contributed by atoms with van der Waals surface area (Å²) in [6.07, 6.45) is 3.58. The first-order valence-electron chi connectivity index (χ1n) is 11.8. The highest BCUT2D eigenvalue weighted by Crippen LogP contribution is 2.57. The molecule has 0 aromatic heterocycles. The molecule has 33 heavy (non-hydrogen) atoms. The topological polar surface area (TPSA) is 77.8 Å². The fraction of sp³-hybridized carbons (Fsp3) is 0.462. The lowest BCUT2D eigenvalue weighted by molar-refractivity contribution is -0.137. The highest BCUT2D eigenvalue weighted by atomic mass is 19.1. The summed E-state index contributed by atoms with van der Waals surface area (Å²) < 4.78 is 14.3. The van der Waals surface area contributed by atoms with Gasteiger partial charge >= 0.3 is 12.1 Å². The number of rotatable bonds is 8. The molecule has 2 aromatic rings. The van der Waals surface area contributed by atoms with E-state index in [0.717, 1.165) is 36.8 Å². The predicted molar refractivity (Wildman–Crippen MR) is 122 cm³/mol. The third-order valence-electron chi connectivity index (χ3n) is 7.80. The first kappa shape index (κ1) is 22.0. The lowest BCUT2D eigenvalue weighted by Crippen LogP contribution is -2.70. The largest absolute Gasteiger partial charge is 0.519 e. The maximum absolute atomic E-state index is 14.6. The molecular formula is C26H30FN2O4+. The molecule has 6 nitrogen and oxygen atoms in total. The van der Waals surface area contributed by atoms with Crippen LogP contribution in [0.25, 0.3) is 0 Å². The van der Waals surface area contributed by atoms with Crippen LogP contribution >= 0.6 is 0 Å². The van der Waals surface area contributed by atoms with Gasteiger partial charge in [-0.25, -0.2) is 4.39 Å². The van der Waals surface area contributed by atoms with Gasteiger partial charge in [-0.2, -0.15) is 9.28 Å². The predicted octanol–water partition coefficient (Wildman–Crippen LogP) is 5.17. The van der Waals surface area contributed by atoms with E-state index in [9.17, 15) is 19.1 Å². The Morgan fingerprint density at radius 3 is 2.39 bits per heavy atom. The summed E-state index contributed by atoms with van der Waals surface area (Å²) in [5, 5.41) is 19.8. The summed E-state index contributed by atoms with van der Waals surface area (Å²) in [6.45, 7) is 0.941. The van der Waals surface area contributed by atoms with Gasteiger partial charge in [-0.1, -0.05) is 30.3 Å². The number of carbonyl (C=O) groups is 2. The molecule has 0 saturated heterocycles. The average Bonchev–Trinajstić information content (AvgIpc) is 3.59. The minimum Gasteiger partial charge on any atom is -0.481 e. The Bertz CT molecular complexity index is 1060. The minimum atomic E-state index is -0.942. The summed E-state index contributed by atoms with van der Waals surface area (Å²) in [5.41, 5.74) is 2.35. The van der Waals surface area contributed by atoms with Crippen molar-refractivity contribution in [1.29, 1.82) is 0 Å². The highest BCUT2D eigenvalue weighted by Gasteiger charge is 2.63. The van der Waals surface area contributed by atoms with Crippen LogP contribution in [0.1, 0.15) is 55.7 Å². The quantitative estimate of drug-likeness (QED) is 0.539. The van der Waals surface area contributed by atoms with Gasteiger partial charge in [0.15, 0.2) is 5.69 Å². The van der Waals surface area contributed by atoms with Crippen molar-refractivity contribution in [3.8, 4) is 0 Å². The van der Waals surface area contributed by atoms with Crippen molar-refractivity contribution < 1.29 is 24.2 Å². The number of carboxylic acids is 1. The highest BCUT2D eigenvalue weighted by molar-refractivity contribution is 5.84. The van der Waals surface area contributed by atoms with E-state index in [0.29, 0.717) is 24.7 Å². The smallest absolute Gasteiger partial charge is 0.481 e. The Labute approximate surface area is 192 Å². The molecule has 0 radical (unpaired) electrons. The first-order valence-corrected chi connectivity index (χ1v) is 11.8. The van der Waals surface area contributed by atoms with E-state index in [1.165, 1.54) is 12.1 Å². The third kappa shape index (κ3) is 3.83. The van der Waals surface area contributed by atoms with Crippen LogP contribution in [-0.4, -0.2) is 45.8 Å². The normalized spacial score (nSPS) is 28.0. The maximum atomic E-state index is 14.6. The zero-order valence-corrected chi connectivity index (χ0v) is 18.6. The van der Waals surface area contributed by atoms with Crippen LogP contribution in [0.4, 0.5) is 14.9 Å². The van der Waals surface area contributed by atoms with Gasteiger partial charge in [-0.05, 0) is 44.4 Å². The zero-order chi connectivity index (χ0) is 23.2. The molecule has 2 aromatic carbocycles. The van der Waals surface area contributed by atoms with Crippen molar-refractivity contribution in [2.75, 3.05) is 6.54 Å². The van der Waals surface area contributed by atoms with E-state index < -0.39 is 17.9 Å². The van der Waals surface area contributed by atoms with Crippen molar-refractivity contribution >= 4 is 17.7 Å². The van der Waals surface area contributed by atoms with Crippen LogP contribution in [-0.2, 0) is 11.3 Å². The van der Waals surface area contributed by atoms with Crippen LogP contribution in [0, 0.1) is 11.7 Å². The lowest BCUT2D eigenvalue weighted by Gasteiger charge is -2.57. The van der Waals surface area contributed by atoms with Gasteiger partial charge in [0.25, 0.3) is 0 Å². The van der Waals surface area contributed by atoms with E-state index >= 15 is 0 Å². The summed E-state index contributed by atoms with van der Waals surface area (Å²) in [7, 11) is 0. The Hall–Kier alpha value is -2.77. The molecule has 1 unspecified atom stereocenters. The molecule has 2 fully saturated rings. The van der Waals surface area contributed by atoms with Gasteiger partial charge in [0, 0.05) is 48.0 Å². The molecule has 5 rings (SSSR count). The van der Waals surface area contributed by atoms with Gasteiger partial charge in [0.2, 0.25) is 0 Å². The monoisotopic (exact) mass is 453 g/mol. The van der Waals surface area contributed by atoms with Gasteiger partial charge < -0.3 is 10.2 Å². The van der Waals surface area contributed by atoms with Gasteiger partial charge in [-0.3, -0.25) is 9.69 Å². The standard InChI is InChI=1S/C26H29FN2O4/c27-18-8-11-21-23(15-18)29(26(32)33,16-17-5-2-1-3-6-17)22-13-12-20(22)25(21)28(19-9-10-19)14-4-7-24(30)31/h1-3,5-6,8,11,15,19-20,22,25H,4,7,9-10,12-14,16H2,(H-,30,31,32,33)/p+1/t20-,22-,25+,29?/m1/s1. The van der Waals surface area contributed by atoms with Gasteiger partial charge in [0.1, 0.15) is 18.4 Å². The van der Waals surface area contributed by atoms with E-state index in [1.807, 2.05) is 30.3 Å². The van der Waals surface area contributed by atoms with Crippen molar-refractivity contribution in [3.63, 3.8) is 0 Å². The number of nitrogens with zero attached hydrogens (tertiary/aromatic N) is 2. The fourth-order valence-corrected chi connectivity index (χ4v) is 6.12. The number of aliphatic carboxylic acids is 1. The Morgan fingerprint density at radius 2 is 1.79 bits per heavy atom. The third-order valence-corrected chi connectivity index (χ3v) is 7.80. The van der Waals surface area contributed by atoms with E-state index in [4.69, 9.17) is 5.11 Å². The molecule has 2 saturated carbocycles.